The standard InChI is InChI=1S/C11H10FNO2S/c1-13-6-7-16-11(15,10(13)14)8-2-4-9(12)5-3-8/h2-7,15H,1H3. The van der Waals surface area contributed by atoms with Crippen molar-refractivity contribution in [2.24, 2.45) is 0 Å². The molecule has 0 fully saturated rings. The number of carbonyl (C=O) groups is 1. The second-order valence-corrected chi connectivity index (χ2v) is 4.57. The van der Waals surface area contributed by atoms with E-state index in [-0.39, 0.29) is 0 Å². The van der Waals surface area contributed by atoms with Gasteiger partial charge >= 0.3 is 0 Å². The van der Waals surface area contributed by atoms with Crippen molar-refractivity contribution in [3.05, 3.63) is 47.3 Å². The number of hydrogen-bond donors (Lipinski definition) is 1. The molecule has 5 heteroatoms. The Morgan fingerprint density at radius 1 is 1.38 bits per heavy atom. The summed E-state index contributed by atoms with van der Waals surface area (Å²) in [5, 5.41) is 11.9. The van der Waals surface area contributed by atoms with Gasteiger partial charge in [0.1, 0.15) is 5.82 Å². The Morgan fingerprint density at radius 2 is 2.00 bits per heavy atom. The zero-order valence-corrected chi connectivity index (χ0v) is 9.37. The highest BCUT2D eigenvalue weighted by molar-refractivity contribution is 8.03. The predicted molar refractivity (Wildman–Crippen MR) is 59.8 cm³/mol. The van der Waals surface area contributed by atoms with Crippen molar-refractivity contribution < 1.29 is 14.3 Å². The first-order chi connectivity index (χ1) is 7.54. The van der Waals surface area contributed by atoms with Crippen LogP contribution in [0, 0.1) is 5.82 Å². The summed E-state index contributed by atoms with van der Waals surface area (Å²) in [6.45, 7) is 0. The van der Waals surface area contributed by atoms with Gasteiger partial charge in [0.2, 0.25) is 4.93 Å². The van der Waals surface area contributed by atoms with Gasteiger partial charge in [0.05, 0.1) is 0 Å². The molecule has 0 saturated heterocycles. The molecule has 1 aromatic carbocycles. The van der Waals surface area contributed by atoms with Crippen molar-refractivity contribution in [3.63, 3.8) is 0 Å². The lowest BCUT2D eigenvalue weighted by Crippen LogP contribution is -2.42. The fraction of sp³-hybridized carbons (Fsp3) is 0.182. The summed E-state index contributed by atoms with van der Waals surface area (Å²) in [5.74, 6) is -0.837. The van der Waals surface area contributed by atoms with Crippen LogP contribution in [0.4, 0.5) is 4.39 Å². The first kappa shape index (κ1) is 11.2. The smallest absolute Gasteiger partial charge is 0.274 e. The zero-order chi connectivity index (χ0) is 11.8. The molecule has 1 unspecified atom stereocenters. The number of likely N-dealkylation sites (N-methyl/N-ethyl adjacent to an activating group) is 1. The van der Waals surface area contributed by atoms with E-state index in [1.165, 1.54) is 29.2 Å². The Bertz CT molecular complexity index is 446. The predicted octanol–water partition coefficient (Wildman–Crippen LogP) is 1.65. The van der Waals surface area contributed by atoms with Crippen LogP contribution in [0.5, 0.6) is 0 Å². The van der Waals surface area contributed by atoms with Crippen molar-refractivity contribution in [3.8, 4) is 0 Å². The molecule has 0 radical (unpaired) electrons. The molecule has 16 heavy (non-hydrogen) atoms. The van der Waals surface area contributed by atoms with Crippen molar-refractivity contribution in [2.75, 3.05) is 7.05 Å². The minimum Gasteiger partial charge on any atom is -0.367 e. The number of carbonyl (C=O) groups excluding carboxylic acids is 1. The molecule has 1 amide bonds. The van der Waals surface area contributed by atoms with Crippen LogP contribution in [0.2, 0.25) is 0 Å². The maximum absolute atomic E-state index is 12.8. The summed E-state index contributed by atoms with van der Waals surface area (Å²) >= 11 is 0.998. The van der Waals surface area contributed by atoms with E-state index < -0.39 is 16.7 Å². The van der Waals surface area contributed by atoms with Crippen LogP contribution < -0.4 is 0 Å². The third-order valence-corrected chi connectivity index (χ3v) is 3.38. The lowest BCUT2D eigenvalue weighted by Gasteiger charge is -2.31. The molecule has 84 valence electrons. The molecule has 0 saturated carbocycles. The van der Waals surface area contributed by atoms with E-state index in [1.54, 1.807) is 18.7 Å². The second-order valence-electron chi connectivity index (χ2n) is 3.47. The van der Waals surface area contributed by atoms with E-state index in [0.717, 1.165) is 11.8 Å². The monoisotopic (exact) mass is 239 g/mol. The van der Waals surface area contributed by atoms with Crippen molar-refractivity contribution in [1.82, 2.24) is 4.90 Å². The Hall–Kier alpha value is -1.33. The normalized spacial score (nSPS) is 24.9. The fourth-order valence-corrected chi connectivity index (χ4v) is 2.40. The quantitative estimate of drug-likeness (QED) is 0.810. The molecule has 0 spiro atoms. The average molecular weight is 239 g/mol. The average Bonchev–Trinajstić information content (AvgIpc) is 2.27. The van der Waals surface area contributed by atoms with Gasteiger partial charge in [-0.05, 0) is 17.5 Å². The molecular formula is C11H10FNO2S. The molecule has 3 nitrogen and oxygen atoms in total. The van der Waals surface area contributed by atoms with E-state index in [1.807, 2.05) is 0 Å². The largest absolute Gasteiger partial charge is 0.367 e. The molecule has 1 aromatic rings. The molecule has 0 bridgehead atoms. The molecule has 1 heterocycles. The highest BCUT2D eigenvalue weighted by atomic mass is 32.2. The summed E-state index contributed by atoms with van der Waals surface area (Å²) in [6, 6.07) is 5.26. The van der Waals surface area contributed by atoms with Gasteiger partial charge in [-0.25, -0.2) is 4.39 Å². The van der Waals surface area contributed by atoms with E-state index in [0.29, 0.717) is 5.56 Å². The van der Waals surface area contributed by atoms with Gasteiger partial charge in [0.25, 0.3) is 5.91 Å². The van der Waals surface area contributed by atoms with Crippen LogP contribution in [-0.4, -0.2) is 23.0 Å². The highest BCUT2D eigenvalue weighted by Gasteiger charge is 2.41. The number of amides is 1. The molecule has 2 rings (SSSR count). The summed E-state index contributed by atoms with van der Waals surface area (Å²) in [6.07, 6.45) is 1.57. The Morgan fingerprint density at radius 3 is 2.62 bits per heavy atom. The number of rotatable bonds is 1. The maximum atomic E-state index is 12.8. The number of benzene rings is 1. The summed E-state index contributed by atoms with van der Waals surface area (Å²) in [7, 11) is 1.56. The SMILES string of the molecule is CN1C=CSC(O)(c2ccc(F)cc2)C1=O. The number of thioether (sulfide) groups is 1. The number of halogens is 1. The minimum absolute atomic E-state index is 0.375. The number of hydrogen-bond acceptors (Lipinski definition) is 3. The zero-order valence-electron chi connectivity index (χ0n) is 8.55. The van der Waals surface area contributed by atoms with Crippen LogP contribution in [0.15, 0.2) is 35.9 Å². The Balaban J connectivity index is 2.42. The second kappa shape index (κ2) is 3.92. The van der Waals surface area contributed by atoms with Gasteiger partial charge in [-0.15, -0.1) is 0 Å². The molecule has 0 aromatic heterocycles. The van der Waals surface area contributed by atoms with Crippen LogP contribution in [-0.2, 0) is 9.73 Å². The first-order valence-corrected chi connectivity index (χ1v) is 5.52. The van der Waals surface area contributed by atoms with Crippen molar-refractivity contribution in [2.45, 2.75) is 4.93 Å². The number of nitrogens with zero attached hydrogens (tertiary/aromatic N) is 1. The fourth-order valence-electron chi connectivity index (χ4n) is 1.44. The van der Waals surface area contributed by atoms with Crippen molar-refractivity contribution >= 4 is 17.7 Å². The van der Waals surface area contributed by atoms with Crippen LogP contribution >= 0.6 is 11.8 Å². The first-order valence-electron chi connectivity index (χ1n) is 4.64. The Kier molecular flexibility index (Phi) is 2.73. The minimum atomic E-state index is -1.66. The van der Waals surface area contributed by atoms with Gasteiger partial charge in [0.15, 0.2) is 0 Å². The van der Waals surface area contributed by atoms with Crippen molar-refractivity contribution in [1.29, 1.82) is 0 Å². The third-order valence-electron chi connectivity index (χ3n) is 2.37. The van der Waals surface area contributed by atoms with Gasteiger partial charge in [-0.2, -0.15) is 0 Å². The lowest BCUT2D eigenvalue weighted by molar-refractivity contribution is -0.139. The summed E-state index contributed by atoms with van der Waals surface area (Å²) < 4.78 is 12.8. The Labute approximate surface area is 96.6 Å². The third kappa shape index (κ3) is 1.72. The molecular weight excluding hydrogens is 229 g/mol. The molecule has 1 aliphatic rings. The van der Waals surface area contributed by atoms with Gasteiger partial charge in [-0.3, -0.25) is 4.79 Å². The summed E-state index contributed by atoms with van der Waals surface area (Å²) in [5.41, 5.74) is 0.375. The number of aliphatic hydroxyl groups is 1. The van der Waals surface area contributed by atoms with Gasteiger partial charge < -0.3 is 10.0 Å². The van der Waals surface area contributed by atoms with Crippen LogP contribution in [0.1, 0.15) is 5.56 Å². The topological polar surface area (TPSA) is 40.5 Å². The van der Waals surface area contributed by atoms with E-state index in [9.17, 15) is 14.3 Å². The molecule has 1 atom stereocenters. The van der Waals surface area contributed by atoms with Crippen LogP contribution in [0.3, 0.4) is 0 Å². The maximum Gasteiger partial charge on any atom is 0.274 e. The lowest BCUT2D eigenvalue weighted by atomic mass is 10.1. The van der Waals surface area contributed by atoms with E-state index >= 15 is 0 Å². The molecule has 1 aliphatic heterocycles. The van der Waals surface area contributed by atoms with E-state index in [2.05, 4.69) is 0 Å². The van der Waals surface area contributed by atoms with Crippen LogP contribution in [0.25, 0.3) is 0 Å². The van der Waals surface area contributed by atoms with E-state index in [4.69, 9.17) is 0 Å². The van der Waals surface area contributed by atoms with Gasteiger partial charge in [0, 0.05) is 18.8 Å². The van der Waals surface area contributed by atoms with Gasteiger partial charge in [-0.1, -0.05) is 23.9 Å². The molecule has 0 aliphatic carbocycles. The molecule has 1 N–H and O–H groups in total. The highest BCUT2D eigenvalue weighted by Crippen LogP contribution is 2.39. The summed E-state index contributed by atoms with van der Waals surface area (Å²) in [4.78, 5) is 11.5.